The number of aldehydes is 1. The van der Waals surface area contributed by atoms with Gasteiger partial charge in [0.05, 0.1) is 12.7 Å². The number of carbonyl (C=O) groups is 1. The number of hydrogen-bond acceptors (Lipinski definition) is 6. The zero-order valence-corrected chi connectivity index (χ0v) is 13.4. The Labute approximate surface area is 139 Å². The molecule has 3 rings (SSSR count). The number of carbonyl (C=O) groups excluding carboxylic acids is 1. The van der Waals surface area contributed by atoms with E-state index in [1.165, 1.54) is 7.11 Å². The summed E-state index contributed by atoms with van der Waals surface area (Å²) >= 11 is 0. The van der Waals surface area contributed by atoms with Crippen LogP contribution in [0.5, 0.6) is 11.5 Å². The Kier molecular flexibility index (Phi) is 4.56. The summed E-state index contributed by atoms with van der Waals surface area (Å²) in [5.74, 6) is 1.86. The Bertz CT molecular complexity index is 840. The monoisotopic (exact) mass is 324 g/mol. The second-order valence-electron chi connectivity index (χ2n) is 5.19. The summed E-state index contributed by atoms with van der Waals surface area (Å²) in [6, 6.07) is 12.8. The average molecular weight is 324 g/mol. The van der Waals surface area contributed by atoms with E-state index < -0.39 is 0 Å². The molecule has 0 spiro atoms. The number of rotatable bonds is 6. The standard InChI is InChI=1S/C18H16N2O4/c1-12-3-5-13(6-4-12)18-19-17(20-24-18)11-23-16-8-7-15(22-2)9-14(16)10-21/h3-10H,11H2,1-2H3. The van der Waals surface area contributed by atoms with Crippen LogP contribution in [0.1, 0.15) is 21.7 Å². The van der Waals surface area contributed by atoms with Gasteiger partial charge in [0.1, 0.15) is 11.5 Å². The third-order valence-corrected chi connectivity index (χ3v) is 3.47. The first-order chi connectivity index (χ1) is 11.7. The summed E-state index contributed by atoms with van der Waals surface area (Å²) < 4.78 is 15.9. The molecule has 0 bridgehead atoms. The normalized spacial score (nSPS) is 10.4. The maximum atomic E-state index is 11.1. The van der Waals surface area contributed by atoms with E-state index in [1.54, 1.807) is 18.2 Å². The van der Waals surface area contributed by atoms with Crippen LogP contribution in [0.3, 0.4) is 0 Å². The van der Waals surface area contributed by atoms with Gasteiger partial charge in [-0.1, -0.05) is 22.9 Å². The van der Waals surface area contributed by atoms with Gasteiger partial charge < -0.3 is 14.0 Å². The van der Waals surface area contributed by atoms with Crippen molar-refractivity contribution in [3.63, 3.8) is 0 Å². The SMILES string of the molecule is COc1ccc(OCc2noc(-c3ccc(C)cc3)n2)c(C=O)c1. The molecule has 2 aromatic carbocycles. The van der Waals surface area contributed by atoms with Gasteiger partial charge in [-0.15, -0.1) is 0 Å². The van der Waals surface area contributed by atoms with Crippen molar-refractivity contribution in [2.75, 3.05) is 7.11 Å². The molecular weight excluding hydrogens is 308 g/mol. The predicted molar refractivity (Wildman–Crippen MR) is 87.2 cm³/mol. The Morgan fingerprint density at radius 1 is 1.17 bits per heavy atom. The molecule has 0 saturated carbocycles. The largest absolute Gasteiger partial charge is 0.497 e. The zero-order valence-electron chi connectivity index (χ0n) is 13.4. The van der Waals surface area contributed by atoms with E-state index in [9.17, 15) is 4.79 Å². The lowest BCUT2D eigenvalue weighted by Crippen LogP contribution is -2.00. The van der Waals surface area contributed by atoms with Crippen LogP contribution in [0.4, 0.5) is 0 Å². The van der Waals surface area contributed by atoms with Gasteiger partial charge in [0, 0.05) is 5.56 Å². The van der Waals surface area contributed by atoms with Crippen LogP contribution in [0, 0.1) is 6.92 Å². The highest BCUT2D eigenvalue weighted by molar-refractivity contribution is 5.80. The van der Waals surface area contributed by atoms with Crippen LogP contribution < -0.4 is 9.47 Å². The summed E-state index contributed by atoms with van der Waals surface area (Å²) in [7, 11) is 1.54. The maximum absolute atomic E-state index is 11.1. The van der Waals surface area contributed by atoms with E-state index in [2.05, 4.69) is 10.1 Å². The molecule has 122 valence electrons. The second kappa shape index (κ2) is 6.95. The van der Waals surface area contributed by atoms with Crippen molar-refractivity contribution in [3.05, 3.63) is 59.4 Å². The summed E-state index contributed by atoms with van der Waals surface area (Å²) in [5, 5.41) is 3.90. The minimum atomic E-state index is 0.0997. The number of ether oxygens (including phenoxy) is 2. The van der Waals surface area contributed by atoms with Crippen LogP contribution in [0.2, 0.25) is 0 Å². The molecular formula is C18H16N2O4. The van der Waals surface area contributed by atoms with Crippen LogP contribution in [0.15, 0.2) is 47.0 Å². The van der Waals surface area contributed by atoms with Crippen LogP contribution in [0.25, 0.3) is 11.5 Å². The first-order valence-corrected chi connectivity index (χ1v) is 7.35. The topological polar surface area (TPSA) is 74.5 Å². The Morgan fingerprint density at radius 3 is 2.67 bits per heavy atom. The summed E-state index contributed by atoms with van der Waals surface area (Å²) in [6.07, 6.45) is 0.714. The number of aryl methyl sites for hydroxylation is 1. The molecule has 0 aliphatic rings. The van der Waals surface area contributed by atoms with Crippen molar-refractivity contribution < 1.29 is 18.8 Å². The Hall–Kier alpha value is -3.15. The van der Waals surface area contributed by atoms with E-state index in [0.29, 0.717) is 35.1 Å². The molecule has 0 saturated heterocycles. The number of hydrogen-bond donors (Lipinski definition) is 0. The van der Waals surface area contributed by atoms with Gasteiger partial charge in [0.25, 0.3) is 5.89 Å². The highest BCUT2D eigenvalue weighted by Gasteiger charge is 2.11. The molecule has 0 fully saturated rings. The van der Waals surface area contributed by atoms with Crippen molar-refractivity contribution in [1.29, 1.82) is 0 Å². The fraction of sp³-hybridized carbons (Fsp3) is 0.167. The quantitative estimate of drug-likeness (QED) is 0.647. The van der Waals surface area contributed by atoms with Gasteiger partial charge in [-0.2, -0.15) is 4.98 Å². The Morgan fingerprint density at radius 2 is 1.96 bits per heavy atom. The molecule has 0 N–H and O–H groups in total. The lowest BCUT2D eigenvalue weighted by atomic mass is 10.1. The lowest BCUT2D eigenvalue weighted by molar-refractivity contribution is 0.111. The molecule has 24 heavy (non-hydrogen) atoms. The highest BCUT2D eigenvalue weighted by Crippen LogP contribution is 2.24. The fourth-order valence-corrected chi connectivity index (χ4v) is 2.15. The molecule has 3 aromatic rings. The van der Waals surface area contributed by atoms with Crippen LogP contribution in [-0.2, 0) is 6.61 Å². The van der Waals surface area contributed by atoms with Gasteiger partial charge in [-0.05, 0) is 37.3 Å². The number of benzene rings is 2. The predicted octanol–water partition coefficient (Wildman–Crippen LogP) is 3.45. The average Bonchev–Trinajstić information content (AvgIpc) is 3.09. The van der Waals surface area contributed by atoms with Crippen LogP contribution in [-0.4, -0.2) is 23.5 Å². The van der Waals surface area contributed by atoms with Crippen molar-refractivity contribution in [2.24, 2.45) is 0 Å². The fourth-order valence-electron chi connectivity index (χ4n) is 2.15. The molecule has 0 radical (unpaired) electrons. The van der Waals surface area contributed by atoms with Crippen molar-refractivity contribution >= 4 is 6.29 Å². The van der Waals surface area contributed by atoms with E-state index in [4.69, 9.17) is 14.0 Å². The number of nitrogens with zero attached hydrogens (tertiary/aromatic N) is 2. The third kappa shape index (κ3) is 3.43. The van der Waals surface area contributed by atoms with Gasteiger partial charge in [0.2, 0.25) is 5.82 Å². The minimum Gasteiger partial charge on any atom is -0.497 e. The zero-order chi connectivity index (χ0) is 16.9. The first kappa shape index (κ1) is 15.7. The number of aromatic nitrogens is 2. The molecule has 0 unspecified atom stereocenters. The smallest absolute Gasteiger partial charge is 0.258 e. The molecule has 0 aliphatic heterocycles. The molecule has 1 aromatic heterocycles. The first-order valence-electron chi connectivity index (χ1n) is 7.35. The van der Waals surface area contributed by atoms with Crippen molar-refractivity contribution in [2.45, 2.75) is 13.5 Å². The summed E-state index contributed by atoms with van der Waals surface area (Å²) in [6.45, 7) is 2.11. The van der Waals surface area contributed by atoms with E-state index in [-0.39, 0.29) is 6.61 Å². The van der Waals surface area contributed by atoms with Crippen LogP contribution >= 0.6 is 0 Å². The van der Waals surface area contributed by atoms with E-state index >= 15 is 0 Å². The van der Waals surface area contributed by atoms with Gasteiger partial charge >= 0.3 is 0 Å². The molecule has 0 aliphatic carbocycles. The summed E-state index contributed by atoms with van der Waals surface area (Å²) in [4.78, 5) is 15.4. The molecule has 6 heteroatoms. The summed E-state index contributed by atoms with van der Waals surface area (Å²) in [5.41, 5.74) is 2.40. The lowest BCUT2D eigenvalue weighted by Gasteiger charge is -2.07. The maximum Gasteiger partial charge on any atom is 0.258 e. The van der Waals surface area contributed by atoms with Gasteiger partial charge in [0.15, 0.2) is 12.9 Å². The molecule has 6 nitrogen and oxygen atoms in total. The Balaban J connectivity index is 1.72. The highest BCUT2D eigenvalue weighted by atomic mass is 16.5. The van der Waals surface area contributed by atoms with Crippen molar-refractivity contribution in [1.82, 2.24) is 10.1 Å². The van der Waals surface area contributed by atoms with Gasteiger partial charge in [-0.3, -0.25) is 4.79 Å². The number of methoxy groups -OCH3 is 1. The molecule has 1 heterocycles. The second-order valence-corrected chi connectivity index (χ2v) is 5.19. The minimum absolute atomic E-state index is 0.0997. The van der Waals surface area contributed by atoms with Crippen molar-refractivity contribution in [3.8, 4) is 23.0 Å². The molecule has 0 atom stereocenters. The van der Waals surface area contributed by atoms with E-state index in [0.717, 1.165) is 11.1 Å². The van der Waals surface area contributed by atoms with Gasteiger partial charge in [-0.25, -0.2) is 0 Å². The third-order valence-electron chi connectivity index (χ3n) is 3.47. The van der Waals surface area contributed by atoms with E-state index in [1.807, 2.05) is 31.2 Å². The molecule has 0 amide bonds.